The zero-order valence-electron chi connectivity index (χ0n) is 10.6. The number of halogens is 1. The summed E-state index contributed by atoms with van der Waals surface area (Å²) in [5, 5.41) is 0. The summed E-state index contributed by atoms with van der Waals surface area (Å²) in [5.74, 6) is 1.08. The molecule has 1 heterocycles. The molecule has 17 heavy (non-hydrogen) atoms. The lowest BCUT2D eigenvalue weighted by atomic mass is 10.0. The first-order valence-electron chi connectivity index (χ1n) is 5.35. The van der Waals surface area contributed by atoms with Crippen LogP contribution in [0.15, 0.2) is 0 Å². The monoisotopic (exact) mass is 351 g/mol. The van der Waals surface area contributed by atoms with E-state index in [1.807, 2.05) is 13.8 Å². The van der Waals surface area contributed by atoms with Gasteiger partial charge in [0.1, 0.15) is 11.4 Å². The number of hydrogen-bond donors (Lipinski definition) is 1. The van der Waals surface area contributed by atoms with E-state index in [1.54, 1.807) is 14.2 Å². The Morgan fingerprint density at radius 3 is 2.47 bits per heavy atom. The third-order valence-electron chi connectivity index (χ3n) is 2.82. The van der Waals surface area contributed by atoms with Crippen molar-refractivity contribution in [3.8, 4) is 0 Å². The second kappa shape index (κ2) is 5.92. The summed E-state index contributed by atoms with van der Waals surface area (Å²) in [4.78, 5) is 8.80. The van der Waals surface area contributed by atoms with E-state index in [9.17, 15) is 0 Å². The first-order chi connectivity index (χ1) is 7.98. The van der Waals surface area contributed by atoms with Gasteiger partial charge in [-0.05, 0) is 35.9 Å². The maximum Gasteiger partial charge on any atom is 0.162 e. The van der Waals surface area contributed by atoms with E-state index >= 15 is 0 Å². The first-order valence-corrected chi connectivity index (χ1v) is 6.42. The minimum atomic E-state index is -0.513. The topological polar surface area (TPSA) is 70.3 Å². The van der Waals surface area contributed by atoms with Crippen molar-refractivity contribution in [2.75, 3.05) is 20.0 Å². The maximum atomic E-state index is 5.89. The number of rotatable bonds is 5. The Hall–Kier alpha value is -0.470. The van der Waals surface area contributed by atoms with Crippen LogP contribution in [0.4, 0.5) is 5.82 Å². The van der Waals surface area contributed by atoms with Gasteiger partial charge in [0, 0.05) is 14.2 Å². The Kier molecular flexibility index (Phi) is 5.08. The molecule has 0 amide bonds. The predicted octanol–water partition coefficient (Wildman–Crippen LogP) is 2.08. The van der Waals surface area contributed by atoms with E-state index in [4.69, 9.17) is 15.2 Å². The number of methoxy groups -OCH3 is 2. The third-order valence-corrected chi connectivity index (χ3v) is 4.00. The molecule has 0 aliphatic heterocycles. The largest absolute Gasteiger partial charge is 0.383 e. The molecule has 0 fully saturated rings. The summed E-state index contributed by atoms with van der Waals surface area (Å²) >= 11 is 2.13. The van der Waals surface area contributed by atoms with Crippen LogP contribution in [-0.4, -0.2) is 24.2 Å². The molecule has 0 saturated carbocycles. The van der Waals surface area contributed by atoms with Crippen LogP contribution in [0.3, 0.4) is 0 Å². The molecular weight excluding hydrogens is 333 g/mol. The summed E-state index contributed by atoms with van der Waals surface area (Å²) in [6.07, 6.45) is 0.774. The minimum Gasteiger partial charge on any atom is -0.383 e. The highest BCUT2D eigenvalue weighted by Gasteiger charge is 2.29. The Bertz CT molecular complexity index is 395. The van der Waals surface area contributed by atoms with Crippen molar-refractivity contribution in [3.63, 3.8) is 0 Å². The molecule has 0 bridgehead atoms. The lowest BCUT2D eigenvalue weighted by Crippen LogP contribution is -2.27. The lowest BCUT2D eigenvalue weighted by Gasteiger charge is -2.25. The van der Waals surface area contributed by atoms with Gasteiger partial charge in [-0.2, -0.15) is 0 Å². The molecule has 1 rings (SSSR count). The van der Waals surface area contributed by atoms with Crippen molar-refractivity contribution in [1.82, 2.24) is 9.97 Å². The highest BCUT2D eigenvalue weighted by molar-refractivity contribution is 14.1. The molecule has 0 aromatic carbocycles. The molecule has 1 unspecified atom stereocenters. The standard InChI is InChI=1S/C11H18IN3O2/c1-5-11(2,17-4)10-14-7(6-16-3)8(12)9(13)15-10/h5-6H2,1-4H3,(H2,13,14,15). The molecule has 2 N–H and O–H groups in total. The Morgan fingerprint density at radius 2 is 2.00 bits per heavy atom. The van der Waals surface area contributed by atoms with Crippen LogP contribution in [0.5, 0.6) is 0 Å². The van der Waals surface area contributed by atoms with Crippen molar-refractivity contribution in [2.45, 2.75) is 32.5 Å². The van der Waals surface area contributed by atoms with Crippen LogP contribution in [-0.2, 0) is 21.7 Å². The Labute approximate surface area is 115 Å². The van der Waals surface area contributed by atoms with Crippen LogP contribution in [0.25, 0.3) is 0 Å². The molecule has 0 aliphatic rings. The number of hydrogen-bond acceptors (Lipinski definition) is 5. The molecule has 0 spiro atoms. The predicted molar refractivity (Wildman–Crippen MR) is 74.5 cm³/mol. The normalized spacial score (nSPS) is 14.6. The van der Waals surface area contributed by atoms with E-state index in [1.165, 1.54) is 0 Å². The second-order valence-electron chi connectivity index (χ2n) is 3.91. The SMILES string of the molecule is CCC(C)(OC)c1nc(N)c(I)c(COC)n1. The molecule has 1 aromatic rings. The summed E-state index contributed by atoms with van der Waals surface area (Å²) in [6.45, 7) is 4.39. The average molecular weight is 351 g/mol. The third kappa shape index (κ3) is 3.05. The Morgan fingerprint density at radius 1 is 1.35 bits per heavy atom. The number of nitrogens with two attached hydrogens (primary N) is 1. The van der Waals surface area contributed by atoms with Crippen LogP contribution in [0, 0.1) is 3.57 Å². The summed E-state index contributed by atoms with van der Waals surface area (Å²) in [6, 6.07) is 0. The fourth-order valence-electron chi connectivity index (χ4n) is 1.38. The van der Waals surface area contributed by atoms with Gasteiger partial charge in [-0.1, -0.05) is 6.92 Å². The van der Waals surface area contributed by atoms with E-state index in [-0.39, 0.29) is 0 Å². The molecule has 0 saturated heterocycles. The number of aromatic nitrogens is 2. The van der Waals surface area contributed by atoms with Crippen LogP contribution < -0.4 is 5.73 Å². The van der Waals surface area contributed by atoms with Crippen molar-refractivity contribution in [1.29, 1.82) is 0 Å². The van der Waals surface area contributed by atoms with Gasteiger partial charge in [-0.3, -0.25) is 0 Å². The van der Waals surface area contributed by atoms with E-state index < -0.39 is 5.60 Å². The van der Waals surface area contributed by atoms with E-state index in [2.05, 4.69) is 32.6 Å². The number of ether oxygens (including phenoxy) is 2. The van der Waals surface area contributed by atoms with Gasteiger partial charge >= 0.3 is 0 Å². The average Bonchev–Trinajstić information content (AvgIpc) is 2.34. The number of anilines is 1. The fraction of sp³-hybridized carbons (Fsp3) is 0.636. The quantitative estimate of drug-likeness (QED) is 0.823. The van der Waals surface area contributed by atoms with Crippen molar-refractivity contribution in [3.05, 3.63) is 15.1 Å². The minimum absolute atomic E-state index is 0.418. The van der Waals surface area contributed by atoms with Crippen molar-refractivity contribution in [2.24, 2.45) is 0 Å². The van der Waals surface area contributed by atoms with E-state index in [0.717, 1.165) is 15.7 Å². The van der Waals surface area contributed by atoms with Crippen molar-refractivity contribution < 1.29 is 9.47 Å². The molecule has 0 aliphatic carbocycles. The van der Waals surface area contributed by atoms with Crippen LogP contribution in [0.2, 0.25) is 0 Å². The summed E-state index contributed by atoms with van der Waals surface area (Å²) in [7, 11) is 3.28. The number of nitrogens with zero attached hydrogens (tertiary/aromatic N) is 2. The van der Waals surface area contributed by atoms with E-state index in [0.29, 0.717) is 18.2 Å². The molecule has 5 nitrogen and oxygen atoms in total. The molecule has 96 valence electrons. The van der Waals surface area contributed by atoms with Gasteiger partial charge in [0.05, 0.1) is 15.9 Å². The maximum absolute atomic E-state index is 5.89. The van der Waals surface area contributed by atoms with Gasteiger partial charge < -0.3 is 15.2 Å². The summed E-state index contributed by atoms with van der Waals surface area (Å²) < 4.78 is 11.4. The van der Waals surface area contributed by atoms with Crippen molar-refractivity contribution >= 4 is 28.4 Å². The van der Waals surface area contributed by atoms with Gasteiger partial charge in [0.25, 0.3) is 0 Å². The van der Waals surface area contributed by atoms with Gasteiger partial charge in [0.2, 0.25) is 0 Å². The molecular formula is C11H18IN3O2. The highest BCUT2D eigenvalue weighted by Crippen LogP contribution is 2.28. The van der Waals surface area contributed by atoms with Crippen LogP contribution in [0.1, 0.15) is 31.8 Å². The number of nitrogen functional groups attached to an aromatic ring is 1. The molecule has 1 aromatic heterocycles. The zero-order valence-corrected chi connectivity index (χ0v) is 12.7. The highest BCUT2D eigenvalue weighted by atomic mass is 127. The van der Waals surface area contributed by atoms with Gasteiger partial charge in [-0.25, -0.2) is 9.97 Å². The second-order valence-corrected chi connectivity index (χ2v) is 4.99. The fourth-order valence-corrected chi connectivity index (χ4v) is 1.77. The molecule has 0 radical (unpaired) electrons. The first kappa shape index (κ1) is 14.6. The Balaban J connectivity index is 3.26. The lowest BCUT2D eigenvalue weighted by molar-refractivity contribution is -0.00931. The molecule has 6 heteroatoms. The van der Waals surface area contributed by atoms with Gasteiger partial charge in [0.15, 0.2) is 5.82 Å². The zero-order chi connectivity index (χ0) is 13.1. The summed E-state index contributed by atoms with van der Waals surface area (Å²) in [5.41, 5.74) is 6.17. The van der Waals surface area contributed by atoms with Crippen LogP contribution >= 0.6 is 22.6 Å². The smallest absolute Gasteiger partial charge is 0.162 e. The molecule has 1 atom stereocenters. The van der Waals surface area contributed by atoms with Gasteiger partial charge in [-0.15, -0.1) is 0 Å².